The Bertz CT molecular complexity index is 1160. The molecule has 1 aliphatic heterocycles. The molecule has 2 unspecified atom stereocenters. The van der Waals surface area contributed by atoms with Gasteiger partial charge in [0.05, 0.1) is 17.3 Å². The van der Waals surface area contributed by atoms with Crippen LogP contribution in [0.3, 0.4) is 0 Å². The molecule has 1 saturated heterocycles. The topological polar surface area (TPSA) is 101 Å². The number of carbonyl (C=O) groups is 2. The maximum absolute atomic E-state index is 12.0. The van der Waals surface area contributed by atoms with Gasteiger partial charge >= 0.3 is 0 Å². The van der Waals surface area contributed by atoms with Crippen LogP contribution in [0.15, 0.2) is 48.5 Å². The van der Waals surface area contributed by atoms with Crippen LogP contribution in [-0.2, 0) is 4.79 Å². The van der Waals surface area contributed by atoms with E-state index in [0.29, 0.717) is 16.6 Å². The van der Waals surface area contributed by atoms with Gasteiger partial charge in [-0.05, 0) is 24.3 Å². The molecule has 1 aromatic heterocycles. The molecule has 2 atom stereocenters. The second kappa shape index (κ2) is 6.83. The van der Waals surface area contributed by atoms with E-state index in [9.17, 15) is 14.7 Å². The number of likely N-dealkylation sites (tertiary alicyclic amines) is 1. The Labute approximate surface area is 161 Å². The largest absolute Gasteiger partial charge is 0.389 e. The molecule has 0 radical (unpaired) electrons. The van der Waals surface area contributed by atoms with Crippen molar-refractivity contribution in [2.24, 2.45) is 11.7 Å². The molecule has 1 fully saturated rings. The van der Waals surface area contributed by atoms with E-state index in [1.807, 2.05) is 42.5 Å². The Kier molecular flexibility index (Phi) is 4.34. The number of hydrogen-bond donors (Lipinski definition) is 2. The molecule has 3 aromatic rings. The number of nitrogens with two attached hydrogens (primary N) is 1. The van der Waals surface area contributed by atoms with Gasteiger partial charge in [-0.15, -0.1) is 0 Å². The molecule has 28 heavy (non-hydrogen) atoms. The van der Waals surface area contributed by atoms with Crippen molar-refractivity contribution in [3.8, 4) is 17.5 Å². The molecule has 0 spiro atoms. The summed E-state index contributed by atoms with van der Waals surface area (Å²) in [5.74, 6) is 4.34. The van der Waals surface area contributed by atoms with Crippen LogP contribution in [0.2, 0.25) is 0 Å². The monoisotopic (exact) mass is 374 g/mol. The number of fused-ring (bicyclic) bond motifs is 1. The number of aliphatic hydroxyl groups is 1. The molecule has 2 heterocycles. The number of amides is 2. The third kappa shape index (κ3) is 3.00. The van der Waals surface area contributed by atoms with Gasteiger partial charge in [-0.1, -0.05) is 36.1 Å². The van der Waals surface area contributed by atoms with Crippen molar-refractivity contribution in [2.75, 3.05) is 13.6 Å². The van der Waals surface area contributed by atoms with Gasteiger partial charge in [0.2, 0.25) is 5.91 Å². The Morgan fingerprint density at radius 1 is 1.25 bits per heavy atom. The van der Waals surface area contributed by atoms with Crippen LogP contribution in [0, 0.1) is 17.8 Å². The SMILES string of the molecule is CN1CC(O)C(C#Cc2cccc(-n3nc(C(N)=O)c4ccccc43)c2)C1=O. The fourth-order valence-electron chi connectivity index (χ4n) is 3.36. The highest BCUT2D eigenvalue weighted by Gasteiger charge is 2.36. The Morgan fingerprint density at radius 3 is 2.75 bits per heavy atom. The summed E-state index contributed by atoms with van der Waals surface area (Å²) in [6, 6.07) is 14.6. The third-order valence-corrected chi connectivity index (χ3v) is 4.77. The summed E-state index contributed by atoms with van der Waals surface area (Å²) in [5.41, 5.74) is 7.80. The molecule has 3 N–H and O–H groups in total. The molecule has 7 nitrogen and oxygen atoms in total. The van der Waals surface area contributed by atoms with Gasteiger partial charge in [-0.25, -0.2) is 4.68 Å². The molecule has 4 rings (SSSR count). The first-order chi connectivity index (χ1) is 13.5. The first-order valence-electron chi connectivity index (χ1n) is 8.78. The minimum absolute atomic E-state index is 0.180. The Hall–Kier alpha value is -3.63. The number of carbonyl (C=O) groups excluding carboxylic acids is 2. The van der Waals surface area contributed by atoms with E-state index >= 15 is 0 Å². The second-order valence-electron chi connectivity index (χ2n) is 6.73. The average molecular weight is 374 g/mol. The number of rotatable bonds is 2. The van der Waals surface area contributed by atoms with Crippen LogP contribution in [0.4, 0.5) is 0 Å². The summed E-state index contributed by atoms with van der Waals surface area (Å²) in [6.07, 6.45) is -0.790. The maximum atomic E-state index is 12.0. The van der Waals surface area contributed by atoms with E-state index in [-0.39, 0.29) is 18.1 Å². The molecule has 1 aliphatic rings. The van der Waals surface area contributed by atoms with Crippen LogP contribution >= 0.6 is 0 Å². The lowest BCUT2D eigenvalue weighted by atomic mass is 10.1. The van der Waals surface area contributed by atoms with Crippen LogP contribution in [0.1, 0.15) is 16.1 Å². The van der Waals surface area contributed by atoms with Crippen LogP contribution < -0.4 is 5.73 Å². The standard InChI is InChI=1S/C21H18N4O3/c1-24-12-18(26)16(21(24)28)10-9-13-5-4-6-14(11-13)25-17-8-3-2-7-15(17)19(23-25)20(22)27/h2-8,11,16,18,26H,12H2,1H3,(H2,22,27). The summed E-state index contributed by atoms with van der Waals surface area (Å²) >= 11 is 0. The first-order valence-corrected chi connectivity index (χ1v) is 8.78. The molecule has 0 saturated carbocycles. The Balaban J connectivity index is 1.73. The number of nitrogens with zero attached hydrogens (tertiary/aromatic N) is 3. The number of β-amino-alcohol motifs (C(OH)–C–C–N with tert-alkyl or cyclic N) is 1. The smallest absolute Gasteiger partial charge is 0.269 e. The number of likely N-dealkylation sites (N-methyl/N-ethyl adjacent to an activating group) is 1. The van der Waals surface area contributed by atoms with Gasteiger partial charge in [-0.2, -0.15) is 5.10 Å². The lowest BCUT2D eigenvalue weighted by molar-refractivity contribution is -0.128. The summed E-state index contributed by atoms with van der Waals surface area (Å²) < 4.78 is 1.64. The minimum atomic E-state index is -0.790. The second-order valence-corrected chi connectivity index (χ2v) is 6.73. The fraction of sp³-hybridized carbons (Fsp3) is 0.190. The van der Waals surface area contributed by atoms with Crippen molar-refractivity contribution in [1.82, 2.24) is 14.7 Å². The quantitative estimate of drug-likeness (QED) is 0.652. The lowest BCUT2D eigenvalue weighted by Crippen LogP contribution is -2.22. The highest BCUT2D eigenvalue weighted by molar-refractivity contribution is 6.04. The van der Waals surface area contributed by atoms with Crippen LogP contribution in [0.25, 0.3) is 16.6 Å². The zero-order valence-electron chi connectivity index (χ0n) is 15.2. The average Bonchev–Trinajstić information content (AvgIpc) is 3.18. The fourth-order valence-corrected chi connectivity index (χ4v) is 3.36. The van der Waals surface area contributed by atoms with Crippen molar-refractivity contribution in [3.63, 3.8) is 0 Å². The summed E-state index contributed by atoms with van der Waals surface area (Å²) in [6.45, 7) is 0.285. The van der Waals surface area contributed by atoms with Gasteiger partial charge < -0.3 is 15.7 Å². The molecule has 2 amide bonds. The zero-order chi connectivity index (χ0) is 19.8. The van der Waals surface area contributed by atoms with E-state index < -0.39 is 17.9 Å². The molecule has 140 valence electrons. The van der Waals surface area contributed by atoms with Gasteiger partial charge in [0, 0.05) is 24.5 Å². The minimum Gasteiger partial charge on any atom is -0.389 e. The van der Waals surface area contributed by atoms with E-state index in [4.69, 9.17) is 5.73 Å². The lowest BCUT2D eigenvalue weighted by Gasteiger charge is -2.05. The van der Waals surface area contributed by atoms with Crippen molar-refractivity contribution >= 4 is 22.7 Å². The van der Waals surface area contributed by atoms with Gasteiger partial charge in [0.1, 0.15) is 5.92 Å². The van der Waals surface area contributed by atoms with Crippen molar-refractivity contribution in [2.45, 2.75) is 6.10 Å². The number of hydrogen-bond acceptors (Lipinski definition) is 4. The molecule has 7 heteroatoms. The maximum Gasteiger partial charge on any atom is 0.269 e. The van der Waals surface area contributed by atoms with Crippen LogP contribution in [0.5, 0.6) is 0 Å². The summed E-state index contributed by atoms with van der Waals surface area (Å²) in [4.78, 5) is 25.2. The number of benzene rings is 2. The number of primary amides is 1. The highest BCUT2D eigenvalue weighted by atomic mass is 16.3. The molecule has 0 bridgehead atoms. The first kappa shape index (κ1) is 17.8. The number of aromatic nitrogens is 2. The summed E-state index contributed by atoms with van der Waals surface area (Å²) in [5, 5.41) is 15.0. The number of para-hydroxylation sites is 1. The zero-order valence-corrected chi connectivity index (χ0v) is 15.2. The highest BCUT2D eigenvalue weighted by Crippen LogP contribution is 2.22. The van der Waals surface area contributed by atoms with E-state index in [0.717, 1.165) is 5.52 Å². The van der Waals surface area contributed by atoms with Crippen molar-refractivity contribution < 1.29 is 14.7 Å². The van der Waals surface area contributed by atoms with Crippen LogP contribution in [-0.4, -0.2) is 51.3 Å². The molecule has 0 aliphatic carbocycles. The normalized spacial score (nSPS) is 18.9. The predicted molar refractivity (Wildman–Crippen MR) is 104 cm³/mol. The third-order valence-electron chi connectivity index (χ3n) is 4.77. The van der Waals surface area contributed by atoms with E-state index in [2.05, 4.69) is 16.9 Å². The van der Waals surface area contributed by atoms with E-state index in [1.165, 1.54) is 4.90 Å². The van der Waals surface area contributed by atoms with Crippen molar-refractivity contribution in [3.05, 3.63) is 59.8 Å². The van der Waals surface area contributed by atoms with Gasteiger partial charge in [-0.3, -0.25) is 9.59 Å². The molecular weight excluding hydrogens is 356 g/mol. The van der Waals surface area contributed by atoms with Gasteiger partial charge in [0.25, 0.3) is 5.91 Å². The molecule has 2 aromatic carbocycles. The summed E-state index contributed by atoms with van der Waals surface area (Å²) in [7, 11) is 1.65. The predicted octanol–water partition coefficient (Wildman–Crippen LogP) is 0.925. The Morgan fingerprint density at radius 2 is 2.04 bits per heavy atom. The molecular formula is C21H18N4O3. The van der Waals surface area contributed by atoms with Crippen molar-refractivity contribution in [1.29, 1.82) is 0 Å². The number of aliphatic hydroxyl groups excluding tert-OH is 1. The van der Waals surface area contributed by atoms with Gasteiger partial charge in [0.15, 0.2) is 5.69 Å². The van der Waals surface area contributed by atoms with E-state index in [1.54, 1.807) is 17.8 Å².